The van der Waals surface area contributed by atoms with E-state index in [1.54, 1.807) is 0 Å². The molecule has 0 saturated carbocycles. The third-order valence-corrected chi connectivity index (χ3v) is 21.3. The number of hydrogen-bond acceptors (Lipinski definition) is 4. The van der Waals surface area contributed by atoms with E-state index in [1.807, 2.05) is 0 Å². The van der Waals surface area contributed by atoms with Crippen molar-refractivity contribution in [3.63, 3.8) is 0 Å². The molecule has 0 saturated heterocycles. The first kappa shape index (κ1) is 59.7. The van der Waals surface area contributed by atoms with E-state index in [-0.39, 0.29) is 34.9 Å². The van der Waals surface area contributed by atoms with E-state index >= 15 is 0 Å². The number of aryl methyl sites for hydroxylation is 2. The highest BCUT2D eigenvalue weighted by atomic mass is 16.3. The van der Waals surface area contributed by atoms with Crippen LogP contribution < -0.4 is 9.80 Å². The van der Waals surface area contributed by atoms with Gasteiger partial charge in [0.1, 0.15) is 0 Å². The first-order chi connectivity index (χ1) is 43.1. The summed E-state index contributed by atoms with van der Waals surface area (Å²) < 4.78 is 0. The number of nitrogens with zero attached hydrogens (tertiary/aromatic N) is 2. The second-order valence-electron chi connectivity index (χ2n) is 27.3. The Bertz CT molecular complexity index is 4220. The van der Waals surface area contributed by atoms with E-state index in [4.69, 9.17) is 0 Å². The summed E-state index contributed by atoms with van der Waals surface area (Å²) in [5.74, 6) is 0. The van der Waals surface area contributed by atoms with Gasteiger partial charge in [0.05, 0.1) is 13.2 Å². The Kier molecular flexibility index (Phi) is 15.8. The molecular weight excluding hydrogens is 1080 g/mol. The minimum atomic E-state index is -0.0846. The van der Waals surface area contributed by atoms with E-state index in [2.05, 4.69) is 285 Å². The molecule has 89 heavy (non-hydrogen) atoms. The lowest BCUT2D eigenvalue weighted by Crippen LogP contribution is -2.26. The van der Waals surface area contributed by atoms with Crippen molar-refractivity contribution in [1.29, 1.82) is 0 Å². The lowest BCUT2D eigenvalue weighted by atomic mass is 9.71. The smallest absolute Gasteiger partial charge is 0.0685 e. The molecule has 10 aromatic rings. The van der Waals surface area contributed by atoms with Crippen LogP contribution in [0.25, 0.3) is 44.5 Å². The molecule has 0 amide bonds. The van der Waals surface area contributed by atoms with Crippen molar-refractivity contribution in [2.45, 2.75) is 162 Å². The maximum absolute atomic E-state index is 10.4. The molecule has 0 fully saturated rings. The summed E-state index contributed by atoms with van der Waals surface area (Å²) in [6, 6.07) is 77.1. The number of fused-ring (bicyclic) bond motifs is 12. The molecule has 4 aliphatic carbocycles. The maximum Gasteiger partial charge on any atom is 0.0685 e. The molecule has 0 heterocycles. The number of benzene rings is 10. The van der Waals surface area contributed by atoms with Gasteiger partial charge in [-0.1, -0.05) is 227 Å². The van der Waals surface area contributed by atoms with Gasteiger partial charge in [-0.15, -0.1) is 0 Å². The zero-order valence-corrected chi connectivity index (χ0v) is 54.2. The summed E-state index contributed by atoms with van der Waals surface area (Å²) in [7, 11) is 0. The highest BCUT2D eigenvalue weighted by Crippen LogP contribution is 2.58. The van der Waals surface area contributed by atoms with Gasteiger partial charge in [0.15, 0.2) is 0 Å². The summed E-state index contributed by atoms with van der Waals surface area (Å²) in [5, 5.41) is 20.5. The third kappa shape index (κ3) is 9.88. The van der Waals surface area contributed by atoms with Gasteiger partial charge < -0.3 is 20.0 Å². The van der Waals surface area contributed by atoms with E-state index in [0.717, 1.165) is 51.4 Å². The van der Waals surface area contributed by atoms with Gasteiger partial charge in [0, 0.05) is 55.8 Å². The number of hydrogen-bond donors (Lipinski definition) is 2. The molecule has 0 spiro atoms. The molecule has 14 rings (SSSR count). The van der Waals surface area contributed by atoms with Crippen LogP contribution in [-0.2, 0) is 34.9 Å². The van der Waals surface area contributed by atoms with Crippen LogP contribution in [0.15, 0.2) is 206 Å². The monoisotopic (exact) mass is 1170 g/mol. The predicted octanol–water partition coefficient (Wildman–Crippen LogP) is 22.7. The molecule has 1 atom stereocenters. The summed E-state index contributed by atoms with van der Waals surface area (Å²) >= 11 is 0. The minimum absolute atomic E-state index is 0.0153. The van der Waals surface area contributed by atoms with Gasteiger partial charge in [-0.3, -0.25) is 0 Å². The Morgan fingerprint density at radius 3 is 1.03 bits per heavy atom. The topological polar surface area (TPSA) is 46.9 Å². The van der Waals surface area contributed by atoms with Crippen molar-refractivity contribution in [2.75, 3.05) is 9.80 Å². The van der Waals surface area contributed by atoms with Crippen molar-refractivity contribution >= 4 is 34.1 Å². The summed E-state index contributed by atoms with van der Waals surface area (Å²) in [6.45, 7) is 22.9. The Labute approximate surface area is 530 Å². The number of anilines is 6. The fraction of sp³-hybridized carbons (Fsp3) is 0.294. The van der Waals surface area contributed by atoms with Crippen LogP contribution in [-0.4, -0.2) is 10.2 Å². The number of aliphatic hydroxyl groups is 2. The molecule has 0 aromatic heterocycles. The number of rotatable bonds is 17. The first-order valence-electron chi connectivity index (χ1n) is 33.1. The van der Waals surface area contributed by atoms with Crippen LogP contribution in [0.1, 0.15) is 180 Å². The van der Waals surface area contributed by atoms with Crippen LogP contribution in [0.4, 0.5) is 34.1 Å². The minimum Gasteiger partial charge on any atom is -0.392 e. The van der Waals surface area contributed by atoms with Crippen molar-refractivity contribution in [3.05, 3.63) is 273 Å². The first-order valence-corrected chi connectivity index (χ1v) is 33.1. The molecule has 2 N–H and O–H groups in total. The molecule has 4 nitrogen and oxygen atoms in total. The van der Waals surface area contributed by atoms with Gasteiger partial charge in [0.2, 0.25) is 0 Å². The SMILES string of the molecule is CCCCC1(C)c2ccccc2-c2ccc(N(c3ccc(C)c(CO)c3)c3ccc4c(c3)C(CCCC)(CCCC)c3ccccc3-4)cc21.Cc1ccc(N(c2ccc3c(c2)C(C)(C)c2ccccc2-3)c2ccc3c(c2)C(C)(C)c2ccccc2-3)cc1CO. The fourth-order valence-corrected chi connectivity index (χ4v) is 16.2. The van der Waals surface area contributed by atoms with E-state index in [9.17, 15) is 10.2 Å². The summed E-state index contributed by atoms with van der Waals surface area (Å²) in [5.41, 5.74) is 32.8. The second-order valence-corrected chi connectivity index (χ2v) is 27.3. The normalized spacial score (nSPS) is 16.0. The Morgan fingerprint density at radius 1 is 0.303 bits per heavy atom. The maximum atomic E-state index is 10.4. The Morgan fingerprint density at radius 2 is 0.607 bits per heavy atom. The molecule has 1 unspecified atom stereocenters. The van der Waals surface area contributed by atoms with Gasteiger partial charge >= 0.3 is 0 Å². The van der Waals surface area contributed by atoms with Gasteiger partial charge in [-0.25, -0.2) is 0 Å². The van der Waals surface area contributed by atoms with E-state index < -0.39 is 0 Å². The van der Waals surface area contributed by atoms with Crippen molar-refractivity contribution in [2.24, 2.45) is 0 Å². The lowest BCUT2D eigenvalue weighted by Gasteiger charge is -2.34. The summed E-state index contributed by atoms with van der Waals surface area (Å²) in [6.07, 6.45) is 10.7. The second kappa shape index (κ2) is 23.6. The van der Waals surface area contributed by atoms with Crippen LogP contribution in [0.5, 0.6) is 0 Å². The Balaban J connectivity index is 0.000000167. The van der Waals surface area contributed by atoms with Crippen LogP contribution in [0, 0.1) is 13.8 Å². The summed E-state index contributed by atoms with van der Waals surface area (Å²) in [4.78, 5) is 4.81. The highest BCUT2D eigenvalue weighted by molar-refractivity contribution is 5.91. The van der Waals surface area contributed by atoms with Crippen molar-refractivity contribution in [1.82, 2.24) is 0 Å². The van der Waals surface area contributed by atoms with Crippen molar-refractivity contribution in [3.8, 4) is 44.5 Å². The van der Waals surface area contributed by atoms with Gasteiger partial charge in [-0.2, -0.15) is 0 Å². The lowest BCUT2D eigenvalue weighted by molar-refractivity contribution is 0.281. The van der Waals surface area contributed by atoms with E-state index in [1.165, 1.54) is 152 Å². The average molecular weight is 1170 g/mol. The molecule has 4 aliphatic rings. The molecule has 450 valence electrons. The molecule has 0 radical (unpaired) electrons. The van der Waals surface area contributed by atoms with Gasteiger partial charge in [-0.05, 0) is 217 Å². The largest absolute Gasteiger partial charge is 0.392 e. The quantitative estimate of drug-likeness (QED) is 0.0954. The van der Waals surface area contributed by atoms with Crippen LogP contribution in [0.3, 0.4) is 0 Å². The van der Waals surface area contributed by atoms with E-state index in [0.29, 0.717) is 0 Å². The zero-order chi connectivity index (χ0) is 62.0. The zero-order valence-electron chi connectivity index (χ0n) is 54.2. The average Bonchev–Trinajstić information content (AvgIpc) is 1.64. The fourth-order valence-electron chi connectivity index (χ4n) is 16.2. The standard InChI is InChI=1S/C47H53NO.C38H35NO/c1-6-9-26-46(5)42-18-14-12-16-38(42)40-24-22-36(30-44(40)46)48(35-21-20-33(4)34(29-35)32-49)37-23-25-41-39-17-13-15-19-43(39)47(27-10-7-2,28-11-8-3)45(41)31-37;1-24-14-15-26(20-25(24)23-40)39(27-16-18-31-29-10-6-8-12-33(29)37(2,3)35(31)21-27)28-17-19-32-30-11-7-9-13-34(30)38(4,5)36(32)22-28/h12-25,29-31,49H,6-11,26-28,32H2,1-5H3;6-22,40H,23H2,1-5H3. The van der Waals surface area contributed by atoms with Crippen LogP contribution >= 0.6 is 0 Å². The molecule has 4 heteroatoms. The molecular formula is C85H88N2O2. The number of unbranched alkanes of at least 4 members (excludes halogenated alkanes) is 3. The van der Waals surface area contributed by atoms with Crippen LogP contribution in [0.2, 0.25) is 0 Å². The molecule has 0 bridgehead atoms. The molecule has 10 aromatic carbocycles. The van der Waals surface area contributed by atoms with Crippen molar-refractivity contribution < 1.29 is 10.2 Å². The highest BCUT2D eigenvalue weighted by Gasteiger charge is 2.44. The third-order valence-electron chi connectivity index (χ3n) is 21.3. The molecule has 0 aliphatic heterocycles. The predicted molar refractivity (Wildman–Crippen MR) is 375 cm³/mol. The number of aliphatic hydroxyl groups excluding tert-OH is 2. The van der Waals surface area contributed by atoms with Gasteiger partial charge in [0.25, 0.3) is 0 Å². The Hall–Kier alpha value is -8.28.